The predicted octanol–water partition coefficient (Wildman–Crippen LogP) is -1.04. The van der Waals surface area contributed by atoms with Crippen LogP contribution in [0.25, 0.3) is 11.0 Å². The lowest BCUT2D eigenvalue weighted by atomic mass is 10.0. The van der Waals surface area contributed by atoms with E-state index in [0.29, 0.717) is 11.1 Å². The summed E-state index contributed by atoms with van der Waals surface area (Å²) < 4.78 is 12.7. The molecule has 7 nitrogen and oxygen atoms in total. The molecular formula is C11H13FN4O3. The van der Waals surface area contributed by atoms with Gasteiger partial charge in [0, 0.05) is 11.8 Å². The van der Waals surface area contributed by atoms with Gasteiger partial charge in [0.15, 0.2) is 0 Å². The molecule has 1 fully saturated rings. The molecule has 0 saturated carbocycles. The highest BCUT2D eigenvalue weighted by molar-refractivity contribution is 5.78. The molecule has 19 heavy (non-hydrogen) atoms. The summed E-state index contributed by atoms with van der Waals surface area (Å²) in [5.41, 5.74) is 0.881. The molecule has 0 unspecified atom stereocenters. The van der Waals surface area contributed by atoms with E-state index in [1.54, 1.807) is 0 Å². The quantitative estimate of drug-likeness (QED) is 0.477. The van der Waals surface area contributed by atoms with Crippen molar-refractivity contribution in [1.82, 2.24) is 20.3 Å². The van der Waals surface area contributed by atoms with Gasteiger partial charge >= 0.3 is 0 Å². The van der Waals surface area contributed by atoms with Crippen LogP contribution in [-0.4, -0.2) is 50.1 Å². The Morgan fingerprint density at radius 1 is 1.32 bits per heavy atom. The maximum Gasteiger partial charge on any atom is 0.275 e. The molecule has 1 aliphatic heterocycles. The number of nitrogens with one attached hydrogen (secondary N) is 3. The van der Waals surface area contributed by atoms with Gasteiger partial charge in [0.2, 0.25) is 0 Å². The first-order valence-electron chi connectivity index (χ1n) is 5.86. The van der Waals surface area contributed by atoms with E-state index in [0.717, 1.165) is 0 Å². The second-order valence-electron chi connectivity index (χ2n) is 4.59. The summed E-state index contributed by atoms with van der Waals surface area (Å²) in [6, 6.07) is -1.49. The number of rotatable bonds is 2. The van der Waals surface area contributed by atoms with E-state index in [4.69, 9.17) is 0 Å². The van der Waals surface area contributed by atoms with E-state index in [2.05, 4.69) is 20.3 Å². The van der Waals surface area contributed by atoms with Crippen molar-refractivity contribution in [3.63, 3.8) is 0 Å². The van der Waals surface area contributed by atoms with Crippen molar-refractivity contribution in [2.24, 2.45) is 0 Å². The van der Waals surface area contributed by atoms with Crippen LogP contribution in [0.2, 0.25) is 0 Å². The van der Waals surface area contributed by atoms with Gasteiger partial charge in [-0.2, -0.15) is 0 Å². The van der Waals surface area contributed by atoms with E-state index in [9.17, 15) is 19.4 Å². The molecule has 0 radical (unpaired) electrons. The molecule has 0 bridgehead atoms. The number of aromatic nitrogens is 3. The topological polar surface area (TPSA) is 114 Å². The van der Waals surface area contributed by atoms with Crippen LogP contribution < -0.4 is 10.9 Å². The molecule has 0 aromatic carbocycles. The third kappa shape index (κ3) is 1.76. The fourth-order valence-electron chi connectivity index (χ4n) is 2.48. The van der Waals surface area contributed by atoms with Crippen LogP contribution in [0.3, 0.4) is 0 Å². The fourth-order valence-corrected chi connectivity index (χ4v) is 2.48. The minimum absolute atomic E-state index is 0.282. The highest BCUT2D eigenvalue weighted by atomic mass is 19.1. The maximum atomic E-state index is 12.7. The first kappa shape index (κ1) is 12.3. The highest BCUT2D eigenvalue weighted by Crippen LogP contribution is 2.30. The van der Waals surface area contributed by atoms with Crippen molar-refractivity contribution in [2.75, 3.05) is 6.67 Å². The average molecular weight is 268 g/mol. The van der Waals surface area contributed by atoms with E-state index in [-0.39, 0.29) is 11.1 Å². The predicted molar refractivity (Wildman–Crippen MR) is 64.4 cm³/mol. The first-order chi connectivity index (χ1) is 9.13. The molecule has 0 spiro atoms. The lowest BCUT2D eigenvalue weighted by Crippen LogP contribution is -2.34. The molecule has 1 aliphatic rings. The number of H-pyrrole nitrogens is 2. The van der Waals surface area contributed by atoms with E-state index in [1.165, 1.54) is 12.5 Å². The summed E-state index contributed by atoms with van der Waals surface area (Å²) in [4.78, 5) is 20.8. The van der Waals surface area contributed by atoms with Crippen LogP contribution >= 0.6 is 0 Å². The number of alkyl halides is 1. The van der Waals surface area contributed by atoms with Gasteiger partial charge in [-0.25, -0.2) is 9.37 Å². The molecule has 0 aliphatic carbocycles. The lowest BCUT2D eigenvalue weighted by molar-refractivity contribution is 0.0248. The lowest BCUT2D eigenvalue weighted by Gasteiger charge is -2.14. The summed E-state index contributed by atoms with van der Waals surface area (Å²) in [5.74, 6) is 0. The average Bonchev–Trinajstić information content (AvgIpc) is 2.94. The Labute approximate surface area is 106 Å². The third-order valence-electron chi connectivity index (χ3n) is 3.50. The van der Waals surface area contributed by atoms with E-state index < -0.39 is 31.0 Å². The van der Waals surface area contributed by atoms with Gasteiger partial charge in [-0.05, 0) is 0 Å². The number of halogens is 1. The van der Waals surface area contributed by atoms with Gasteiger partial charge in [0.1, 0.15) is 23.8 Å². The Morgan fingerprint density at radius 2 is 2.11 bits per heavy atom. The van der Waals surface area contributed by atoms with Gasteiger partial charge < -0.3 is 20.2 Å². The monoisotopic (exact) mass is 268 g/mol. The van der Waals surface area contributed by atoms with Gasteiger partial charge in [0.05, 0.1) is 24.5 Å². The Hall–Kier alpha value is -1.77. The van der Waals surface area contributed by atoms with Crippen LogP contribution in [0, 0.1) is 0 Å². The van der Waals surface area contributed by atoms with Crippen LogP contribution in [0.5, 0.6) is 0 Å². The molecule has 0 amide bonds. The second-order valence-corrected chi connectivity index (χ2v) is 4.59. The van der Waals surface area contributed by atoms with Crippen molar-refractivity contribution in [3.8, 4) is 0 Å². The Bertz CT molecular complexity index is 655. The molecule has 3 rings (SSSR count). The summed E-state index contributed by atoms with van der Waals surface area (Å²) in [6.07, 6.45) is 0.441. The second kappa shape index (κ2) is 4.41. The fraction of sp³-hybridized carbons (Fsp3) is 0.455. The summed E-state index contributed by atoms with van der Waals surface area (Å²) in [5, 5.41) is 22.5. The Kier molecular flexibility index (Phi) is 2.85. The zero-order chi connectivity index (χ0) is 13.6. The molecule has 5 N–H and O–H groups in total. The van der Waals surface area contributed by atoms with Gasteiger partial charge in [-0.3, -0.25) is 10.1 Å². The molecule has 3 heterocycles. The first-order valence-corrected chi connectivity index (χ1v) is 5.86. The third-order valence-corrected chi connectivity index (χ3v) is 3.50. The van der Waals surface area contributed by atoms with E-state index in [1.807, 2.05) is 0 Å². The molecule has 2 aromatic heterocycles. The van der Waals surface area contributed by atoms with Crippen molar-refractivity contribution in [2.45, 2.75) is 24.3 Å². The number of nitrogens with zero attached hydrogens (tertiary/aromatic N) is 1. The number of aliphatic hydroxyl groups is 2. The molecule has 2 aromatic rings. The van der Waals surface area contributed by atoms with Crippen LogP contribution in [-0.2, 0) is 0 Å². The largest absolute Gasteiger partial charge is 0.389 e. The molecule has 8 heteroatoms. The van der Waals surface area contributed by atoms with Gasteiger partial charge in [-0.1, -0.05) is 0 Å². The number of hydrogen-bond donors (Lipinski definition) is 5. The van der Waals surface area contributed by atoms with Crippen molar-refractivity contribution in [1.29, 1.82) is 0 Å². The normalized spacial score (nSPS) is 31.1. The minimum atomic E-state index is -1.19. The van der Waals surface area contributed by atoms with Crippen LogP contribution in [0.1, 0.15) is 11.6 Å². The van der Waals surface area contributed by atoms with Crippen molar-refractivity contribution >= 4 is 11.0 Å². The van der Waals surface area contributed by atoms with E-state index >= 15 is 0 Å². The summed E-state index contributed by atoms with van der Waals surface area (Å²) in [6.45, 7) is -0.787. The Balaban J connectivity index is 2.06. The zero-order valence-electron chi connectivity index (χ0n) is 9.80. The minimum Gasteiger partial charge on any atom is -0.389 e. The SMILES string of the molecule is O=c1[nH]cnc2c([C@@H]3N[C@H](CF)[C@@H](O)[C@H]3O)c[nH]c12. The van der Waals surface area contributed by atoms with Crippen LogP contribution in [0.15, 0.2) is 17.3 Å². The number of fused-ring (bicyclic) bond motifs is 1. The standard InChI is InChI=1S/C11H13FN4O3/c12-1-5-9(17)10(18)7(16-5)4-2-13-8-6(4)14-3-15-11(8)19/h2-3,5,7,9-10,13,16-18H,1H2,(H,14,15,19)/t5-,7+,9-,10+/m1/s1. The molecule has 102 valence electrons. The Morgan fingerprint density at radius 3 is 2.79 bits per heavy atom. The number of aliphatic hydroxyl groups excluding tert-OH is 2. The summed E-state index contributed by atoms with van der Waals surface area (Å²) >= 11 is 0. The molecule has 4 atom stereocenters. The summed E-state index contributed by atoms with van der Waals surface area (Å²) in [7, 11) is 0. The van der Waals surface area contributed by atoms with Crippen molar-refractivity contribution in [3.05, 3.63) is 28.4 Å². The molecular weight excluding hydrogens is 255 g/mol. The highest BCUT2D eigenvalue weighted by Gasteiger charge is 2.42. The number of aromatic amines is 2. The van der Waals surface area contributed by atoms with Gasteiger partial charge in [0.25, 0.3) is 5.56 Å². The maximum absolute atomic E-state index is 12.7. The smallest absolute Gasteiger partial charge is 0.275 e. The van der Waals surface area contributed by atoms with Gasteiger partial charge in [-0.15, -0.1) is 0 Å². The van der Waals surface area contributed by atoms with Crippen LogP contribution in [0.4, 0.5) is 4.39 Å². The zero-order valence-corrected chi connectivity index (χ0v) is 9.80. The van der Waals surface area contributed by atoms with Crippen molar-refractivity contribution < 1.29 is 14.6 Å². The number of hydrogen-bond acceptors (Lipinski definition) is 5. The molecule has 1 saturated heterocycles.